The number of nitrogens with one attached hydrogen (secondary N) is 1. The van der Waals surface area contributed by atoms with Crippen LogP contribution in [-0.4, -0.2) is 23.2 Å². The number of para-hydroxylation sites is 1. The molecule has 2 aromatic carbocycles. The Morgan fingerprint density at radius 3 is 2.41 bits per heavy atom. The number of hydrogen-bond donors (Lipinski definition) is 2. The minimum absolute atomic E-state index is 0.00259. The van der Waals surface area contributed by atoms with Gasteiger partial charge in [-0.25, -0.2) is 18.2 Å². The summed E-state index contributed by atoms with van der Waals surface area (Å²) in [6, 6.07) is 15.5. The van der Waals surface area contributed by atoms with Gasteiger partial charge in [0, 0.05) is 11.8 Å². The second kappa shape index (κ2) is 6.19. The first-order valence-electron chi connectivity index (χ1n) is 8.16. The monoisotopic (exact) mass is 380 g/mol. The molecule has 27 heavy (non-hydrogen) atoms. The highest BCUT2D eigenvalue weighted by Gasteiger charge is 2.18. The molecular weight excluding hydrogens is 364 g/mol. The molecule has 136 valence electrons. The van der Waals surface area contributed by atoms with Crippen molar-refractivity contribution in [2.75, 3.05) is 0 Å². The van der Waals surface area contributed by atoms with E-state index in [1.807, 2.05) is 31.2 Å². The number of hydrogen-bond acceptors (Lipinski definition) is 4. The summed E-state index contributed by atoms with van der Waals surface area (Å²) in [7, 11) is -3.79. The number of pyridine rings is 1. The molecule has 4 rings (SSSR count). The van der Waals surface area contributed by atoms with Crippen molar-refractivity contribution < 1.29 is 8.42 Å². The van der Waals surface area contributed by atoms with Crippen molar-refractivity contribution in [3.8, 4) is 16.9 Å². The van der Waals surface area contributed by atoms with Crippen LogP contribution in [0.25, 0.3) is 27.8 Å². The molecular formula is C19H16N4O3S. The van der Waals surface area contributed by atoms with Crippen LogP contribution in [0.3, 0.4) is 0 Å². The fourth-order valence-electron chi connectivity index (χ4n) is 3.07. The molecule has 0 bridgehead atoms. The minimum atomic E-state index is -3.79. The number of primary sulfonamides is 1. The Hall–Kier alpha value is -3.23. The van der Waals surface area contributed by atoms with Crippen LogP contribution in [0, 0.1) is 6.92 Å². The Morgan fingerprint density at radius 1 is 1.04 bits per heavy atom. The van der Waals surface area contributed by atoms with Gasteiger partial charge in [-0.05, 0) is 36.8 Å². The number of H-pyrrole nitrogens is 1. The zero-order valence-corrected chi connectivity index (χ0v) is 15.2. The second-order valence-electron chi connectivity index (χ2n) is 6.18. The Labute approximate surface area is 155 Å². The first kappa shape index (κ1) is 17.2. The summed E-state index contributed by atoms with van der Waals surface area (Å²) in [6.45, 7) is 1.97. The quantitative estimate of drug-likeness (QED) is 0.568. The third-order valence-electron chi connectivity index (χ3n) is 4.40. The molecule has 0 saturated carbocycles. The van der Waals surface area contributed by atoms with Gasteiger partial charge in [0.15, 0.2) is 0 Å². The lowest BCUT2D eigenvalue weighted by molar-refractivity contribution is 0.598. The number of aromatic nitrogens is 3. The summed E-state index contributed by atoms with van der Waals surface area (Å²) < 4.78 is 24.7. The van der Waals surface area contributed by atoms with Gasteiger partial charge in [-0.15, -0.1) is 0 Å². The lowest BCUT2D eigenvalue weighted by Crippen LogP contribution is -2.11. The van der Waals surface area contributed by atoms with Crippen LogP contribution < -0.4 is 10.7 Å². The van der Waals surface area contributed by atoms with Gasteiger partial charge in [-0.2, -0.15) is 5.10 Å². The zero-order chi connectivity index (χ0) is 19.2. The number of aryl methyl sites for hydroxylation is 1. The van der Waals surface area contributed by atoms with Crippen molar-refractivity contribution in [1.29, 1.82) is 0 Å². The second-order valence-corrected chi connectivity index (χ2v) is 7.74. The molecule has 4 aromatic rings. The Morgan fingerprint density at radius 2 is 1.74 bits per heavy atom. The Kier molecular flexibility index (Phi) is 3.94. The van der Waals surface area contributed by atoms with Crippen LogP contribution in [0.5, 0.6) is 0 Å². The van der Waals surface area contributed by atoms with Crippen LogP contribution in [0.4, 0.5) is 0 Å². The van der Waals surface area contributed by atoms with Gasteiger partial charge in [0.2, 0.25) is 10.0 Å². The van der Waals surface area contributed by atoms with E-state index >= 15 is 0 Å². The van der Waals surface area contributed by atoms with E-state index < -0.39 is 10.0 Å². The summed E-state index contributed by atoms with van der Waals surface area (Å²) in [4.78, 5) is 15.2. The van der Waals surface area contributed by atoms with E-state index in [1.165, 1.54) is 12.1 Å². The van der Waals surface area contributed by atoms with Crippen LogP contribution in [0.1, 0.15) is 5.56 Å². The van der Waals surface area contributed by atoms with Gasteiger partial charge in [-0.3, -0.25) is 4.79 Å². The molecule has 0 spiro atoms. The molecule has 0 amide bonds. The molecule has 0 radical (unpaired) electrons. The number of aromatic amines is 1. The summed E-state index contributed by atoms with van der Waals surface area (Å²) in [6.07, 6.45) is 1.58. The summed E-state index contributed by atoms with van der Waals surface area (Å²) >= 11 is 0. The molecule has 0 fully saturated rings. The number of nitrogens with zero attached hydrogens (tertiary/aromatic N) is 2. The van der Waals surface area contributed by atoms with Gasteiger partial charge in [-0.1, -0.05) is 30.3 Å². The van der Waals surface area contributed by atoms with Gasteiger partial charge in [0.1, 0.15) is 5.69 Å². The van der Waals surface area contributed by atoms with Crippen molar-refractivity contribution in [3.63, 3.8) is 0 Å². The highest BCUT2D eigenvalue weighted by molar-refractivity contribution is 7.89. The number of rotatable bonds is 3. The summed E-state index contributed by atoms with van der Waals surface area (Å²) in [5.41, 5.74) is 3.36. The largest absolute Gasteiger partial charge is 0.328 e. The predicted molar refractivity (Wildman–Crippen MR) is 103 cm³/mol. The normalized spacial score (nSPS) is 11.8. The van der Waals surface area contributed by atoms with Crippen molar-refractivity contribution >= 4 is 20.9 Å². The van der Waals surface area contributed by atoms with Crippen LogP contribution >= 0.6 is 0 Å². The average molecular weight is 380 g/mol. The van der Waals surface area contributed by atoms with Gasteiger partial charge in [0.05, 0.1) is 21.5 Å². The number of sulfonamides is 1. The highest BCUT2D eigenvalue weighted by Crippen LogP contribution is 2.28. The molecule has 0 aliphatic rings. The predicted octanol–water partition coefficient (Wildman–Crippen LogP) is 2.34. The molecule has 0 unspecified atom stereocenters. The van der Waals surface area contributed by atoms with Crippen LogP contribution in [0.15, 0.2) is 70.5 Å². The van der Waals surface area contributed by atoms with Gasteiger partial charge in [0.25, 0.3) is 5.56 Å². The summed E-state index contributed by atoms with van der Waals surface area (Å²) in [5.74, 6) is 0. The molecule has 8 heteroatoms. The zero-order valence-electron chi connectivity index (χ0n) is 14.4. The van der Waals surface area contributed by atoms with E-state index in [2.05, 4.69) is 10.1 Å². The van der Waals surface area contributed by atoms with Crippen LogP contribution in [-0.2, 0) is 10.0 Å². The first-order valence-corrected chi connectivity index (χ1v) is 9.70. The first-order chi connectivity index (χ1) is 12.9. The van der Waals surface area contributed by atoms with Crippen molar-refractivity contribution in [3.05, 3.63) is 76.7 Å². The molecule has 0 atom stereocenters. The molecule has 0 saturated heterocycles. The Bertz CT molecular complexity index is 1320. The standard InChI is InChI=1S/C19H16N4O3S/c1-12-4-2-3-5-15(12)23-16-10-11-21-19(24)17(16)18(22-23)13-6-8-14(9-7-13)27(20,25)26/h2-11H,1H3,(H,21,24)(H2,20,25,26). The minimum Gasteiger partial charge on any atom is -0.328 e. The Balaban J connectivity index is 2.00. The van der Waals surface area contributed by atoms with E-state index in [4.69, 9.17) is 5.14 Å². The SMILES string of the molecule is Cc1ccccc1-n1nc(-c2ccc(S(N)(=O)=O)cc2)c2c(=O)[nH]ccc21. The summed E-state index contributed by atoms with van der Waals surface area (Å²) in [5, 5.41) is 10.2. The molecule has 0 aliphatic carbocycles. The number of fused-ring (bicyclic) bond motifs is 1. The van der Waals surface area contributed by atoms with Crippen molar-refractivity contribution in [1.82, 2.24) is 14.8 Å². The lowest BCUT2D eigenvalue weighted by Gasteiger charge is -2.06. The topological polar surface area (TPSA) is 111 Å². The molecule has 3 N–H and O–H groups in total. The van der Waals surface area contributed by atoms with E-state index in [1.54, 1.807) is 29.1 Å². The fraction of sp³-hybridized carbons (Fsp3) is 0.0526. The lowest BCUT2D eigenvalue weighted by atomic mass is 10.1. The molecule has 0 aliphatic heterocycles. The maximum Gasteiger partial charge on any atom is 0.259 e. The fourth-order valence-corrected chi connectivity index (χ4v) is 3.58. The number of benzene rings is 2. The number of nitrogens with two attached hydrogens (primary N) is 1. The third-order valence-corrected chi connectivity index (χ3v) is 5.33. The third kappa shape index (κ3) is 2.94. The van der Waals surface area contributed by atoms with Crippen LogP contribution in [0.2, 0.25) is 0 Å². The maximum absolute atomic E-state index is 12.5. The van der Waals surface area contributed by atoms with E-state index in [9.17, 15) is 13.2 Å². The highest BCUT2D eigenvalue weighted by atomic mass is 32.2. The van der Waals surface area contributed by atoms with Crippen molar-refractivity contribution in [2.45, 2.75) is 11.8 Å². The molecule has 2 heterocycles. The van der Waals surface area contributed by atoms with E-state index in [-0.39, 0.29) is 10.5 Å². The average Bonchev–Trinajstić information content (AvgIpc) is 3.02. The molecule has 2 aromatic heterocycles. The maximum atomic E-state index is 12.5. The van der Waals surface area contributed by atoms with Crippen molar-refractivity contribution in [2.24, 2.45) is 5.14 Å². The van der Waals surface area contributed by atoms with E-state index in [0.29, 0.717) is 22.2 Å². The van der Waals surface area contributed by atoms with Gasteiger partial charge >= 0.3 is 0 Å². The molecule has 7 nitrogen and oxygen atoms in total. The smallest absolute Gasteiger partial charge is 0.259 e. The van der Waals surface area contributed by atoms with Gasteiger partial charge < -0.3 is 4.98 Å². The van der Waals surface area contributed by atoms with E-state index in [0.717, 1.165) is 11.3 Å².